The van der Waals surface area contributed by atoms with Crippen molar-refractivity contribution in [1.82, 2.24) is 0 Å². The van der Waals surface area contributed by atoms with E-state index in [1.54, 1.807) is 0 Å². The van der Waals surface area contributed by atoms with Gasteiger partial charge in [0.15, 0.2) is 0 Å². The summed E-state index contributed by atoms with van der Waals surface area (Å²) in [7, 11) is 0. The van der Waals surface area contributed by atoms with Gasteiger partial charge in [0.25, 0.3) is 0 Å². The number of carboxylic acids is 1. The maximum absolute atomic E-state index is 10.7. The van der Waals surface area contributed by atoms with Gasteiger partial charge in [-0.15, -0.1) is 0 Å². The Kier molecular flexibility index (Phi) is 7.82. The summed E-state index contributed by atoms with van der Waals surface area (Å²) in [5, 5.41) is 16.6. The van der Waals surface area contributed by atoms with E-state index in [1.165, 1.54) is 0 Å². The minimum atomic E-state index is -0.778. The first kappa shape index (κ1) is 22.1. The van der Waals surface area contributed by atoms with Crippen LogP contribution in [-0.4, -0.2) is 22.9 Å². The van der Waals surface area contributed by atoms with E-state index in [0.717, 1.165) is 33.7 Å². The molecule has 0 saturated heterocycles. The lowest BCUT2D eigenvalue weighted by molar-refractivity contribution is -0.136. The van der Waals surface area contributed by atoms with Crippen LogP contribution in [0.25, 0.3) is 0 Å². The molecule has 0 aliphatic rings. The molecule has 2 N–H and O–H groups in total. The van der Waals surface area contributed by atoms with Crippen molar-refractivity contribution in [1.29, 1.82) is 0 Å². The molecule has 3 aromatic rings. The quantitative estimate of drug-likeness (QED) is 0.338. The summed E-state index contributed by atoms with van der Waals surface area (Å²) in [6.45, 7) is 4.58. The fourth-order valence-electron chi connectivity index (χ4n) is 3.10. The Morgan fingerprint density at radius 1 is 0.935 bits per heavy atom. The number of rotatable bonds is 10. The number of anilines is 1. The Morgan fingerprint density at radius 2 is 1.65 bits per heavy atom. The molecule has 0 bridgehead atoms. The third-order valence-corrected chi connectivity index (χ3v) is 4.68. The molecule has 31 heavy (non-hydrogen) atoms. The lowest BCUT2D eigenvalue weighted by Crippen LogP contribution is -2.08. The maximum Gasteiger partial charge on any atom is 0.303 e. The van der Waals surface area contributed by atoms with E-state index in [-0.39, 0.29) is 12.5 Å². The molecule has 0 fully saturated rings. The van der Waals surface area contributed by atoms with E-state index in [1.807, 2.05) is 80.6 Å². The Morgan fingerprint density at radius 3 is 2.32 bits per heavy atom. The number of aryl methyl sites for hydroxylation is 1. The van der Waals surface area contributed by atoms with E-state index in [9.17, 15) is 4.79 Å². The Labute approximate surface area is 183 Å². The summed E-state index contributed by atoms with van der Waals surface area (Å²) in [4.78, 5) is 16.3. The molecule has 0 aliphatic carbocycles. The first-order chi connectivity index (χ1) is 15.0. The predicted molar refractivity (Wildman–Crippen MR) is 124 cm³/mol. The molecule has 0 aromatic heterocycles. The monoisotopic (exact) mass is 416 g/mol. The van der Waals surface area contributed by atoms with Crippen molar-refractivity contribution in [2.75, 3.05) is 5.32 Å². The van der Waals surface area contributed by atoms with Gasteiger partial charge in [-0.25, -0.2) is 0 Å². The molecule has 0 atom stereocenters. The third-order valence-electron chi connectivity index (χ3n) is 4.68. The number of carbonyl (C=O) groups is 1. The van der Waals surface area contributed by atoms with Gasteiger partial charge in [-0.2, -0.15) is 0 Å². The number of carboxylic acid groups (broad SMARTS) is 1. The fourth-order valence-corrected chi connectivity index (χ4v) is 3.10. The first-order valence-electron chi connectivity index (χ1n) is 10.4. The number of benzene rings is 3. The number of hydrogen-bond acceptors (Lipinski definition) is 4. The van der Waals surface area contributed by atoms with Crippen molar-refractivity contribution in [3.8, 4) is 0 Å². The highest BCUT2D eigenvalue weighted by molar-refractivity contribution is 6.12. The van der Waals surface area contributed by atoms with Crippen molar-refractivity contribution in [2.45, 2.75) is 39.3 Å². The molecule has 0 unspecified atom stereocenters. The summed E-state index contributed by atoms with van der Waals surface area (Å²) < 4.78 is 0. The molecule has 160 valence electrons. The molecule has 0 saturated carbocycles. The highest BCUT2D eigenvalue weighted by Gasteiger charge is 2.09. The topological polar surface area (TPSA) is 70.9 Å². The van der Waals surface area contributed by atoms with Crippen LogP contribution < -0.4 is 5.32 Å². The van der Waals surface area contributed by atoms with Gasteiger partial charge in [0.1, 0.15) is 11.8 Å². The molecule has 0 amide bonds. The number of oxime groups is 1. The van der Waals surface area contributed by atoms with Gasteiger partial charge in [-0.05, 0) is 49.6 Å². The largest absolute Gasteiger partial charge is 0.481 e. The number of nitrogens with zero attached hydrogens (tertiary/aromatic N) is 1. The van der Waals surface area contributed by atoms with Crippen LogP contribution in [0.4, 0.5) is 5.69 Å². The second-order valence-electron chi connectivity index (χ2n) is 7.60. The average molecular weight is 417 g/mol. The van der Waals surface area contributed by atoms with Gasteiger partial charge in [-0.1, -0.05) is 65.8 Å². The number of nitrogens with one attached hydrogen (secondary N) is 1. The maximum atomic E-state index is 10.7. The summed E-state index contributed by atoms with van der Waals surface area (Å²) in [5.74, 6) is -0.778. The Balaban J connectivity index is 1.71. The van der Waals surface area contributed by atoms with Gasteiger partial charge in [0.05, 0.1) is 0 Å². The van der Waals surface area contributed by atoms with Crippen molar-refractivity contribution in [3.63, 3.8) is 0 Å². The van der Waals surface area contributed by atoms with Crippen molar-refractivity contribution in [2.24, 2.45) is 5.16 Å². The average Bonchev–Trinajstić information content (AvgIpc) is 2.78. The predicted octanol–water partition coefficient (Wildman–Crippen LogP) is 5.49. The van der Waals surface area contributed by atoms with E-state index >= 15 is 0 Å². The molecular weight excluding hydrogens is 388 g/mol. The zero-order chi connectivity index (χ0) is 22.1. The second-order valence-corrected chi connectivity index (χ2v) is 7.60. The van der Waals surface area contributed by atoms with Gasteiger partial charge >= 0.3 is 5.97 Å². The molecule has 0 aliphatic heterocycles. The fraction of sp³-hybridized carbons (Fsp3) is 0.231. The summed E-state index contributed by atoms with van der Waals surface area (Å²) in [6.07, 6.45) is 0.686. The molecular formula is C26H28N2O3. The highest BCUT2D eigenvalue weighted by atomic mass is 16.6. The van der Waals surface area contributed by atoms with Crippen LogP contribution in [0, 0.1) is 0 Å². The molecule has 0 radical (unpaired) electrons. The zero-order valence-corrected chi connectivity index (χ0v) is 17.9. The van der Waals surface area contributed by atoms with Crippen molar-refractivity contribution in [3.05, 3.63) is 101 Å². The normalized spacial score (nSPS) is 11.4. The molecule has 0 spiro atoms. The molecule has 3 aromatic carbocycles. The summed E-state index contributed by atoms with van der Waals surface area (Å²) >= 11 is 0. The van der Waals surface area contributed by atoms with Crippen LogP contribution in [-0.2, 0) is 22.6 Å². The Hall–Kier alpha value is -3.60. The van der Waals surface area contributed by atoms with E-state index < -0.39 is 5.97 Å². The first-order valence-corrected chi connectivity index (χ1v) is 10.4. The smallest absolute Gasteiger partial charge is 0.303 e. The molecule has 5 nitrogen and oxygen atoms in total. The number of hydrogen-bond donors (Lipinski definition) is 2. The van der Waals surface area contributed by atoms with E-state index in [4.69, 9.17) is 9.94 Å². The Bertz CT molecular complexity index is 1010. The zero-order valence-electron chi connectivity index (χ0n) is 17.9. The molecule has 0 heterocycles. The lowest BCUT2D eigenvalue weighted by atomic mass is 10.0. The SMILES string of the molecule is CC(C)O/N=C(\c1ccccc1)c1cccc(CNc2ccc(CCC(=O)O)cc2)c1. The minimum absolute atomic E-state index is 0.00188. The van der Waals surface area contributed by atoms with Gasteiger partial charge < -0.3 is 15.3 Å². The summed E-state index contributed by atoms with van der Waals surface area (Å²) in [5.41, 5.74) is 5.94. The molecule has 5 heteroatoms. The molecule has 3 rings (SSSR count). The van der Waals surface area contributed by atoms with Gasteiger partial charge in [0, 0.05) is 29.8 Å². The van der Waals surface area contributed by atoms with Gasteiger partial charge in [-0.3, -0.25) is 4.79 Å². The standard InChI is InChI=1S/C26H28N2O3/c1-19(2)31-28-26(22-8-4-3-5-9-22)23-10-6-7-21(17-23)18-27-24-14-11-20(12-15-24)13-16-25(29)30/h3-12,14-15,17,19,27H,13,16,18H2,1-2H3,(H,29,30)/b28-26+. The lowest BCUT2D eigenvalue weighted by Gasteiger charge is -2.12. The second kappa shape index (κ2) is 11.0. The number of aliphatic carboxylic acids is 1. The van der Waals surface area contributed by atoms with Crippen molar-refractivity contribution < 1.29 is 14.7 Å². The van der Waals surface area contributed by atoms with E-state index in [2.05, 4.69) is 22.6 Å². The summed E-state index contributed by atoms with van der Waals surface area (Å²) in [6, 6.07) is 26.2. The van der Waals surface area contributed by atoms with Crippen molar-refractivity contribution >= 4 is 17.4 Å². The van der Waals surface area contributed by atoms with Crippen LogP contribution in [0.3, 0.4) is 0 Å². The third kappa shape index (κ3) is 7.00. The minimum Gasteiger partial charge on any atom is -0.481 e. The highest BCUT2D eigenvalue weighted by Crippen LogP contribution is 2.16. The van der Waals surface area contributed by atoms with Crippen LogP contribution in [0.5, 0.6) is 0 Å². The van der Waals surface area contributed by atoms with E-state index in [0.29, 0.717) is 13.0 Å². The van der Waals surface area contributed by atoms with Crippen LogP contribution in [0.1, 0.15) is 42.5 Å². The van der Waals surface area contributed by atoms with Crippen LogP contribution >= 0.6 is 0 Å². The van der Waals surface area contributed by atoms with Crippen LogP contribution in [0.15, 0.2) is 84.0 Å². The van der Waals surface area contributed by atoms with Crippen LogP contribution in [0.2, 0.25) is 0 Å². The van der Waals surface area contributed by atoms with Gasteiger partial charge in [0.2, 0.25) is 0 Å².